The van der Waals surface area contributed by atoms with Crippen molar-refractivity contribution in [2.75, 3.05) is 6.54 Å². The Bertz CT molecular complexity index is 442. The molecule has 4 nitrogen and oxygen atoms in total. The lowest BCUT2D eigenvalue weighted by Crippen LogP contribution is -2.42. The lowest BCUT2D eigenvalue weighted by molar-refractivity contribution is -0.132. The third-order valence-electron chi connectivity index (χ3n) is 3.97. The Morgan fingerprint density at radius 1 is 1.36 bits per heavy atom. The molecule has 22 heavy (non-hydrogen) atoms. The van der Waals surface area contributed by atoms with E-state index in [0.29, 0.717) is 6.54 Å². The zero-order valence-corrected chi connectivity index (χ0v) is 14.0. The summed E-state index contributed by atoms with van der Waals surface area (Å²) in [5.41, 5.74) is 6.84. The lowest BCUT2D eigenvalue weighted by Gasteiger charge is -2.21. The molecule has 1 fully saturated rings. The molecule has 124 valence electrons. The van der Waals surface area contributed by atoms with Gasteiger partial charge in [0.25, 0.3) is 0 Å². The van der Waals surface area contributed by atoms with Crippen LogP contribution in [0.4, 0.5) is 0 Å². The van der Waals surface area contributed by atoms with Gasteiger partial charge < -0.3 is 15.8 Å². The minimum Gasteiger partial charge on any atom is -0.364 e. The highest BCUT2D eigenvalue weighted by molar-refractivity contribution is 5.85. The molecule has 1 aromatic rings. The Kier molecular flexibility index (Phi) is 8.46. The summed E-state index contributed by atoms with van der Waals surface area (Å²) >= 11 is 0. The highest BCUT2D eigenvalue weighted by atomic mass is 35.5. The van der Waals surface area contributed by atoms with Gasteiger partial charge >= 0.3 is 0 Å². The maximum absolute atomic E-state index is 12.3. The Morgan fingerprint density at radius 2 is 2.09 bits per heavy atom. The van der Waals surface area contributed by atoms with Gasteiger partial charge in [-0.3, -0.25) is 4.79 Å². The average Bonchev–Trinajstić information content (AvgIpc) is 2.97. The van der Waals surface area contributed by atoms with Crippen molar-refractivity contribution in [2.24, 2.45) is 5.73 Å². The maximum atomic E-state index is 12.3. The summed E-state index contributed by atoms with van der Waals surface area (Å²) in [6.07, 6.45) is 4.27. The van der Waals surface area contributed by atoms with Crippen LogP contribution in [0.15, 0.2) is 30.3 Å². The van der Waals surface area contributed by atoms with Crippen molar-refractivity contribution < 1.29 is 9.53 Å². The zero-order valence-electron chi connectivity index (χ0n) is 13.2. The Balaban J connectivity index is 0.00000242. The number of ether oxygens (including phenoxy) is 1. The van der Waals surface area contributed by atoms with E-state index in [-0.39, 0.29) is 36.6 Å². The van der Waals surface area contributed by atoms with Gasteiger partial charge in [0.15, 0.2) is 0 Å². The standard InChI is InChI=1S/C17H26N2O2.ClH/c1-2-6-14(11-13-7-4-3-5-8-13)19-17(20)16-10-9-15(12-18)21-16;/h3-5,7-8,14-16H,2,6,9-12,18H2,1H3,(H,19,20);1H/t14?,15-,16+;/m1./s1. The third kappa shape index (κ3) is 5.59. The van der Waals surface area contributed by atoms with Gasteiger partial charge in [0.05, 0.1) is 6.10 Å². The molecule has 0 bridgehead atoms. The van der Waals surface area contributed by atoms with Crippen molar-refractivity contribution in [2.45, 2.75) is 57.3 Å². The van der Waals surface area contributed by atoms with Gasteiger partial charge in [-0.1, -0.05) is 43.7 Å². The minimum atomic E-state index is -0.325. The topological polar surface area (TPSA) is 64.4 Å². The molecular formula is C17H27ClN2O2. The highest BCUT2D eigenvalue weighted by Crippen LogP contribution is 2.19. The smallest absolute Gasteiger partial charge is 0.249 e. The first-order valence-corrected chi connectivity index (χ1v) is 7.92. The van der Waals surface area contributed by atoms with Crippen LogP contribution in [0.25, 0.3) is 0 Å². The summed E-state index contributed by atoms with van der Waals surface area (Å²) in [4.78, 5) is 12.3. The second-order valence-electron chi connectivity index (χ2n) is 5.74. The summed E-state index contributed by atoms with van der Waals surface area (Å²) in [5.74, 6) is 0.0142. The van der Waals surface area contributed by atoms with Gasteiger partial charge in [-0.25, -0.2) is 0 Å². The number of benzene rings is 1. The van der Waals surface area contributed by atoms with Crippen molar-refractivity contribution in [3.05, 3.63) is 35.9 Å². The summed E-state index contributed by atoms with van der Waals surface area (Å²) in [7, 11) is 0. The monoisotopic (exact) mass is 326 g/mol. The largest absolute Gasteiger partial charge is 0.364 e. The second kappa shape index (κ2) is 9.82. The average molecular weight is 327 g/mol. The van der Waals surface area contributed by atoms with Crippen LogP contribution in [-0.4, -0.2) is 30.7 Å². The predicted octanol–water partition coefficient (Wildman–Crippen LogP) is 2.44. The molecule has 0 spiro atoms. The molecule has 1 aromatic carbocycles. The number of nitrogens with two attached hydrogens (primary N) is 1. The van der Waals surface area contributed by atoms with Gasteiger partial charge in [-0.15, -0.1) is 12.4 Å². The number of amides is 1. The first-order valence-electron chi connectivity index (χ1n) is 7.92. The molecule has 0 radical (unpaired) electrons. The van der Waals surface area contributed by atoms with Crippen LogP contribution in [0.3, 0.4) is 0 Å². The molecule has 1 heterocycles. The van der Waals surface area contributed by atoms with E-state index in [9.17, 15) is 4.79 Å². The number of hydrogen-bond donors (Lipinski definition) is 2. The SMILES string of the molecule is CCCC(Cc1ccccc1)NC(=O)[C@@H]1CC[C@H](CN)O1.Cl. The molecule has 0 aromatic heterocycles. The molecule has 1 aliphatic heterocycles. The van der Waals surface area contributed by atoms with Crippen molar-refractivity contribution in [3.63, 3.8) is 0 Å². The molecule has 0 aliphatic carbocycles. The molecule has 2 rings (SSSR count). The predicted molar refractivity (Wildman–Crippen MR) is 91.2 cm³/mol. The molecule has 0 saturated carbocycles. The first-order chi connectivity index (χ1) is 10.2. The Hall–Kier alpha value is -1.10. The molecule has 1 saturated heterocycles. The van der Waals surface area contributed by atoms with E-state index in [2.05, 4.69) is 24.4 Å². The highest BCUT2D eigenvalue weighted by Gasteiger charge is 2.30. The Morgan fingerprint density at radius 3 is 2.68 bits per heavy atom. The van der Waals surface area contributed by atoms with Gasteiger partial charge in [-0.2, -0.15) is 0 Å². The van der Waals surface area contributed by atoms with Crippen LogP contribution in [0.1, 0.15) is 38.2 Å². The fourth-order valence-electron chi connectivity index (χ4n) is 2.84. The number of hydrogen-bond acceptors (Lipinski definition) is 3. The van der Waals surface area contributed by atoms with Crippen LogP contribution in [0, 0.1) is 0 Å². The fourth-order valence-corrected chi connectivity index (χ4v) is 2.84. The van der Waals surface area contributed by atoms with E-state index >= 15 is 0 Å². The molecular weight excluding hydrogens is 300 g/mol. The van der Waals surface area contributed by atoms with E-state index in [1.807, 2.05) is 18.2 Å². The van der Waals surface area contributed by atoms with Crippen LogP contribution < -0.4 is 11.1 Å². The van der Waals surface area contributed by atoms with Gasteiger partial charge in [0.1, 0.15) is 6.10 Å². The number of rotatable bonds is 7. The van der Waals surface area contributed by atoms with Crippen LogP contribution >= 0.6 is 12.4 Å². The normalized spacial score (nSPS) is 21.9. The van der Waals surface area contributed by atoms with Gasteiger partial charge in [0, 0.05) is 12.6 Å². The van der Waals surface area contributed by atoms with E-state index in [1.54, 1.807) is 0 Å². The van der Waals surface area contributed by atoms with Crippen molar-refractivity contribution >= 4 is 18.3 Å². The number of nitrogens with one attached hydrogen (secondary N) is 1. The summed E-state index contributed by atoms with van der Waals surface area (Å²) < 4.78 is 5.66. The van der Waals surface area contributed by atoms with Gasteiger partial charge in [-0.05, 0) is 31.2 Å². The molecule has 1 amide bonds. The molecule has 1 aliphatic rings. The third-order valence-corrected chi connectivity index (χ3v) is 3.97. The molecule has 1 unspecified atom stereocenters. The summed E-state index contributed by atoms with van der Waals surface area (Å²) in [5, 5.41) is 3.15. The van der Waals surface area contributed by atoms with E-state index in [4.69, 9.17) is 10.5 Å². The van der Waals surface area contributed by atoms with E-state index in [0.717, 1.165) is 32.1 Å². The maximum Gasteiger partial charge on any atom is 0.249 e. The van der Waals surface area contributed by atoms with E-state index in [1.165, 1.54) is 5.56 Å². The lowest BCUT2D eigenvalue weighted by atomic mass is 10.0. The molecule has 3 N–H and O–H groups in total. The number of halogens is 1. The zero-order chi connectivity index (χ0) is 15.1. The molecule has 5 heteroatoms. The summed E-state index contributed by atoms with van der Waals surface area (Å²) in [6.45, 7) is 2.63. The summed E-state index contributed by atoms with van der Waals surface area (Å²) in [6, 6.07) is 10.5. The van der Waals surface area contributed by atoms with E-state index < -0.39 is 0 Å². The van der Waals surface area contributed by atoms with Crippen molar-refractivity contribution in [1.29, 1.82) is 0 Å². The van der Waals surface area contributed by atoms with Crippen molar-refractivity contribution in [3.8, 4) is 0 Å². The van der Waals surface area contributed by atoms with Crippen LogP contribution in [-0.2, 0) is 16.0 Å². The van der Waals surface area contributed by atoms with Crippen LogP contribution in [0.5, 0.6) is 0 Å². The second-order valence-corrected chi connectivity index (χ2v) is 5.74. The molecule has 3 atom stereocenters. The van der Waals surface area contributed by atoms with Crippen LogP contribution in [0.2, 0.25) is 0 Å². The minimum absolute atomic E-state index is 0. The van der Waals surface area contributed by atoms with Crippen molar-refractivity contribution in [1.82, 2.24) is 5.32 Å². The Labute approximate surface area is 139 Å². The number of carbonyl (C=O) groups is 1. The quantitative estimate of drug-likeness (QED) is 0.809. The number of carbonyl (C=O) groups excluding carboxylic acids is 1. The van der Waals surface area contributed by atoms with Gasteiger partial charge in [0.2, 0.25) is 5.91 Å². The fraction of sp³-hybridized carbons (Fsp3) is 0.588. The first kappa shape index (κ1) is 18.9.